The van der Waals surface area contributed by atoms with Crippen LogP contribution in [-0.4, -0.2) is 5.91 Å². The zero-order chi connectivity index (χ0) is 20.1. The second-order valence-electron chi connectivity index (χ2n) is 6.07. The average molecular weight is 411 g/mol. The van der Waals surface area contributed by atoms with Crippen molar-refractivity contribution >= 4 is 35.2 Å². The van der Waals surface area contributed by atoms with E-state index >= 15 is 0 Å². The molecular formula is C22H16Cl2N2O2. The Bertz CT molecular complexity index is 1050. The lowest BCUT2D eigenvalue weighted by Gasteiger charge is -2.13. The minimum Gasteiger partial charge on any atom is -0.457 e. The summed E-state index contributed by atoms with van der Waals surface area (Å²) in [5.74, 6) is 0.329. The van der Waals surface area contributed by atoms with E-state index in [4.69, 9.17) is 27.6 Å². The van der Waals surface area contributed by atoms with Gasteiger partial charge in [-0.15, -0.1) is 0 Å². The minimum absolute atomic E-state index is 0.0612. The molecule has 1 unspecified atom stereocenters. The van der Waals surface area contributed by atoms with Crippen LogP contribution < -0.4 is 5.32 Å². The van der Waals surface area contributed by atoms with Gasteiger partial charge in [-0.05, 0) is 36.8 Å². The molecule has 6 heteroatoms. The van der Waals surface area contributed by atoms with Crippen molar-refractivity contribution in [3.63, 3.8) is 0 Å². The van der Waals surface area contributed by atoms with E-state index in [1.165, 1.54) is 6.08 Å². The average Bonchev–Trinajstić information content (AvgIpc) is 3.14. The summed E-state index contributed by atoms with van der Waals surface area (Å²) in [5, 5.41) is 13.1. The Labute approximate surface area is 173 Å². The molecule has 1 aromatic heterocycles. The highest BCUT2D eigenvalue weighted by atomic mass is 35.5. The van der Waals surface area contributed by atoms with Gasteiger partial charge in [-0.3, -0.25) is 4.79 Å². The van der Waals surface area contributed by atoms with E-state index < -0.39 is 5.91 Å². The second-order valence-corrected chi connectivity index (χ2v) is 6.89. The topological polar surface area (TPSA) is 66.0 Å². The third-order valence-electron chi connectivity index (χ3n) is 4.13. The van der Waals surface area contributed by atoms with Crippen molar-refractivity contribution in [2.75, 3.05) is 0 Å². The fourth-order valence-electron chi connectivity index (χ4n) is 2.69. The maximum Gasteiger partial charge on any atom is 0.262 e. The first-order chi connectivity index (χ1) is 13.5. The molecule has 0 fully saturated rings. The molecule has 0 aliphatic rings. The van der Waals surface area contributed by atoms with Crippen LogP contribution in [0.3, 0.4) is 0 Å². The summed E-state index contributed by atoms with van der Waals surface area (Å²) in [6, 6.07) is 19.7. The zero-order valence-corrected chi connectivity index (χ0v) is 16.5. The zero-order valence-electron chi connectivity index (χ0n) is 14.9. The molecule has 3 aromatic rings. The molecule has 0 aliphatic heterocycles. The number of carbonyl (C=O) groups is 1. The predicted molar refractivity (Wildman–Crippen MR) is 111 cm³/mol. The van der Waals surface area contributed by atoms with Crippen LogP contribution in [0.25, 0.3) is 17.4 Å². The lowest BCUT2D eigenvalue weighted by Crippen LogP contribution is -2.27. The van der Waals surface area contributed by atoms with Crippen LogP contribution in [0.2, 0.25) is 10.0 Å². The Morgan fingerprint density at radius 2 is 1.75 bits per heavy atom. The largest absolute Gasteiger partial charge is 0.457 e. The SMILES string of the molecule is CC(NC(=O)C(C#N)=Cc1ccc(-c2c(Cl)cccc2Cl)o1)c1ccccc1. The van der Waals surface area contributed by atoms with Crippen molar-refractivity contribution in [2.45, 2.75) is 13.0 Å². The molecule has 28 heavy (non-hydrogen) atoms. The Kier molecular flexibility index (Phi) is 6.20. The first-order valence-electron chi connectivity index (χ1n) is 8.51. The number of nitrogens with zero attached hydrogens (tertiary/aromatic N) is 1. The molecular weight excluding hydrogens is 395 g/mol. The van der Waals surface area contributed by atoms with Gasteiger partial charge in [0.05, 0.1) is 21.7 Å². The van der Waals surface area contributed by atoms with Crippen LogP contribution in [-0.2, 0) is 4.79 Å². The number of furan rings is 1. The number of carbonyl (C=O) groups excluding carboxylic acids is 1. The van der Waals surface area contributed by atoms with Crippen molar-refractivity contribution in [2.24, 2.45) is 0 Å². The Balaban J connectivity index is 1.81. The third kappa shape index (κ3) is 4.45. The van der Waals surface area contributed by atoms with E-state index in [-0.39, 0.29) is 11.6 Å². The molecule has 0 saturated heterocycles. The van der Waals surface area contributed by atoms with Gasteiger partial charge < -0.3 is 9.73 Å². The van der Waals surface area contributed by atoms with Gasteiger partial charge in [0.1, 0.15) is 23.2 Å². The normalized spacial score (nSPS) is 12.3. The molecule has 3 rings (SSSR count). The Morgan fingerprint density at radius 3 is 2.39 bits per heavy atom. The van der Waals surface area contributed by atoms with Crippen LogP contribution in [0.1, 0.15) is 24.3 Å². The molecule has 0 bridgehead atoms. The van der Waals surface area contributed by atoms with Crippen LogP contribution >= 0.6 is 23.2 Å². The summed E-state index contributed by atoms with van der Waals surface area (Å²) >= 11 is 12.4. The number of benzene rings is 2. The van der Waals surface area contributed by atoms with E-state index in [0.29, 0.717) is 27.1 Å². The standard InChI is InChI=1S/C22H16Cl2N2O2/c1-14(15-6-3-2-4-7-15)26-22(27)16(13-25)12-17-10-11-20(28-17)21-18(23)8-5-9-19(21)24/h2-12,14H,1H3,(H,26,27). The van der Waals surface area contributed by atoms with Gasteiger partial charge in [-0.1, -0.05) is 59.6 Å². The van der Waals surface area contributed by atoms with E-state index in [1.807, 2.05) is 43.3 Å². The summed E-state index contributed by atoms with van der Waals surface area (Å²) in [4.78, 5) is 12.5. The van der Waals surface area contributed by atoms with Crippen LogP contribution in [0.15, 0.2) is 70.7 Å². The molecule has 1 heterocycles. The highest BCUT2D eigenvalue weighted by Gasteiger charge is 2.16. The monoisotopic (exact) mass is 410 g/mol. The number of rotatable bonds is 5. The summed E-state index contributed by atoms with van der Waals surface area (Å²) in [6.45, 7) is 1.85. The quantitative estimate of drug-likeness (QED) is 0.411. The number of halogens is 2. The molecule has 0 aliphatic carbocycles. The van der Waals surface area contributed by atoms with Crippen molar-refractivity contribution in [1.82, 2.24) is 5.32 Å². The lowest BCUT2D eigenvalue weighted by molar-refractivity contribution is -0.117. The molecule has 2 aromatic carbocycles. The maximum absolute atomic E-state index is 12.5. The van der Waals surface area contributed by atoms with Crippen LogP contribution in [0.4, 0.5) is 0 Å². The van der Waals surface area contributed by atoms with Gasteiger partial charge in [0, 0.05) is 6.08 Å². The van der Waals surface area contributed by atoms with Crippen molar-refractivity contribution in [1.29, 1.82) is 5.26 Å². The van der Waals surface area contributed by atoms with Crippen molar-refractivity contribution < 1.29 is 9.21 Å². The molecule has 0 radical (unpaired) electrons. The maximum atomic E-state index is 12.5. The fourth-order valence-corrected chi connectivity index (χ4v) is 3.27. The lowest BCUT2D eigenvalue weighted by atomic mass is 10.1. The Hall–Kier alpha value is -3.00. The Morgan fingerprint density at radius 1 is 1.07 bits per heavy atom. The first kappa shape index (κ1) is 19.8. The first-order valence-corrected chi connectivity index (χ1v) is 9.27. The number of hydrogen-bond acceptors (Lipinski definition) is 3. The van der Waals surface area contributed by atoms with Gasteiger partial charge in [0.2, 0.25) is 0 Å². The highest BCUT2D eigenvalue weighted by Crippen LogP contribution is 2.35. The van der Waals surface area contributed by atoms with Crippen LogP contribution in [0.5, 0.6) is 0 Å². The smallest absolute Gasteiger partial charge is 0.262 e. The number of amides is 1. The van der Waals surface area contributed by atoms with Gasteiger partial charge in [0.15, 0.2) is 0 Å². The van der Waals surface area contributed by atoms with E-state index in [1.54, 1.807) is 30.3 Å². The number of hydrogen-bond donors (Lipinski definition) is 1. The summed E-state index contributed by atoms with van der Waals surface area (Å²) < 4.78 is 5.73. The summed E-state index contributed by atoms with van der Waals surface area (Å²) in [6.07, 6.45) is 1.39. The summed E-state index contributed by atoms with van der Waals surface area (Å²) in [5.41, 5.74) is 1.45. The molecule has 140 valence electrons. The molecule has 4 nitrogen and oxygen atoms in total. The second kappa shape index (κ2) is 8.79. The van der Waals surface area contributed by atoms with E-state index in [0.717, 1.165) is 5.56 Å². The van der Waals surface area contributed by atoms with Crippen molar-refractivity contribution in [3.8, 4) is 17.4 Å². The molecule has 0 spiro atoms. The molecule has 1 N–H and O–H groups in total. The highest BCUT2D eigenvalue weighted by molar-refractivity contribution is 6.39. The third-order valence-corrected chi connectivity index (χ3v) is 4.76. The van der Waals surface area contributed by atoms with Gasteiger partial charge >= 0.3 is 0 Å². The van der Waals surface area contributed by atoms with Gasteiger partial charge in [-0.2, -0.15) is 5.26 Å². The van der Waals surface area contributed by atoms with Gasteiger partial charge in [-0.25, -0.2) is 0 Å². The van der Waals surface area contributed by atoms with E-state index in [2.05, 4.69) is 5.32 Å². The predicted octanol–water partition coefficient (Wildman–Crippen LogP) is 6.04. The molecule has 0 saturated carbocycles. The molecule has 1 amide bonds. The molecule has 1 atom stereocenters. The van der Waals surface area contributed by atoms with Crippen molar-refractivity contribution in [3.05, 3.63) is 87.6 Å². The van der Waals surface area contributed by atoms with Gasteiger partial charge in [0.25, 0.3) is 5.91 Å². The summed E-state index contributed by atoms with van der Waals surface area (Å²) in [7, 11) is 0. The van der Waals surface area contributed by atoms with E-state index in [9.17, 15) is 10.1 Å². The fraction of sp³-hybridized carbons (Fsp3) is 0.0909. The van der Waals surface area contributed by atoms with Crippen LogP contribution in [0, 0.1) is 11.3 Å². The minimum atomic E-state index is -0.479. The number of nitrogens with one attached hydrogen (secondary N) is 1. The number of nitriles is 1.